The maximum Gasteiger partial charge on any atom is 0.334 e. The van der Waals surface area contributed by atoms with Crippen LogP contribution in [-0.2, 0) is 14.3 Å². The molecule has 0 saturated heterocycles. The van der Waals surface area contributed by atoms with Crippen LogP contribution in [0.1, 0.15) is 13.8 Å². The van der Waals surface area contributed by atoms with Gasteiger partial charge < -0.3 is 9.47 Å². The van der Waals surface area contributed by atoms with Gasteiger partial charge in [-0.2, -0.15) is 0 Å². The molecular formula is C12H22O3Si. The van der Waals surface area contributed by atoms with E-state index < -0.39 is 14.2 Å². The van der Waals surface area contributed by atoms with Gasteiger partial charge in [0.2, 0.25) is 0 Å². The lowest BCUT2D eigenvalue weighted by Crippen LogP contribution is -2.23. The lowest BCUT2D eigenvalue weighted by atomic mass is 10.4. The lowest BCUT2D eigenvalue weighted by molar-refractivity contribution is -0.154. The molecule has 0 aromatic heterocycles. The summed E-state index contributed by atoms with van der Waals surface area (Å²) in [7, 11) is -1.09. The monoisotopic (exact) mass is 242 g/mol. The van der Waals surface area contributed by atoms with E-state index in [9.17, 15) is 4.79 Å². The van der Waals surface area contributed by atoms with E-state index in [-0.39, 0.29) is 5.97 Å². The van der Waals surface area contributed by atoms with Crippen LogP contribution in [0.25, 0.3) is 0 Å². The van der Waals surface area contributed by atoms with Gasteiger partial charge in [0, 0.05) is 6.04 Å². The molecule has 3 nitrogen and oxygen atoms in total. The van der Waals surface area contributed by atoms with Gasteiger partial charge in [-0.25, -0.2) is 4.79 Å². The molecule has 0 spiro atoms. The molecule has 0 heterocycles. The van der Waals surface area contributed by atoms with Crippen LogP contribution in [0.4, 0.5) is 0 Å². The van der Waals surface area contributed by atoms with Crippen molar-refractivity contribution < 1.29 is 14.3 Å². The quantitative estimate of drug-likeness (QED) is 0.421. The predicted octanol–water partition coefficient (Wildman–Crippen LogP) is 2.30. The van der Waals surface area contributed by atoms with Crippen molar-refractivity contribution in [2.24, 2.45) is 0 Å². The normalized spacial score (nSPS) is 12.6. The van der Waals surface area contributed by atoms with Gasteiger partial charge in [0.1, 0.15) is 6.61 Å². The van der Waals surface area contributed by atoms with Crippen LogP contribution in [0.2, 0.25) is 25.7 Å². The summed E-state index contributed by atoms with van der Waals surface area (Å²) < 4.78 is 10.0. The first kappa shape index (κ1) is 15.2. The van der Waals surface area contributed by atoms with Gasteiger partial charge >= 0.3 is 5.97 Å². The molecule has 92 valence electrons. The van der Waals surface area contributed by atoms with Crippen LogP contribution in [0, 0.1) is 11.8 Å². The zero-order chi connectivity index (χ0) is 12.6. The van der Waals surface area contributed by atoms with Gasteiger partial charge in [-0.3, -0.25) is 0 Å². The third-order valence-electron chi connectivity index (χ3n) is 1.77. The highest BCUT2D eigenvalue weighted by atomic mass is 28.3. The second-order valence-corrected chi connectivity index (χ2v) is 10.3. The summed E-state index contributed by atoms with van der Waals surface area (Å²) in [5, 5.41) is 0. The average Bonchev–Trinajstić information content (AvgIpc) is 2.15. The molecule has 16 heavy (non-hydrogen) atoms. The van der Waals surface area contributed by atoms with Crippen molar-refractivity contribution in [3.8, 4) is 11.8 Å². The Bertz CT molecular complexity index is 270. The summed E-state index contributed by atoms with van der Waals surface area (Å²) >= 11 is 0. The zero-order valence-corrected chi connectivity index (χ0v) is 11.9. The minimum absolute atomic E-state index is 0.296. The summed E-state index contributed by atoms with van der Waals surface area (Å²) in [5.74, 6) is 5.69. The number of carbonyl (C=O) groups is 1. The van der Waals surface area contributed by atoms with Crippen molar-refractivity contribution in [2.45, 2.75) is 45.6 Å². The van der Waals surface area contributed by atoms with Crippen molar-refractivity contribution in [1.29, 1.82) is 0 Å². The van der Waals surface area contributed by atoms with Gasteiger partial charge in [-0.1, -0.05) is 25.6 Å². The molecule has 1 atom stereocenters. The summed E-state index contributed by atoms with van der Waals surface area (Å²) in [5.41, 5.74) is 0. The molecule has 0 aromatic rings. The van der Waals surface area contributed by atoms with Crippen molar-refractivity contribution in [1.82, 2.24) is 0 Å². The minimum Gasteiger partial charge on any atom is -0.464 e. The van der Waals surface area contributed by atoms with Crippen LogP contribution >= 0.6 is 0 Å². The Balaban J connectivity index is 3.77. The third-order valence-corrected chi connectivity index (χ3v) is 3.01. The van der Waals surface area contributed by atoms with E-state index in [1.54, 1.807) is 13.8 Å². The van der Waals surface area contributed by atoms with Crippen LogP contribution in [0.3, 0.4) is 0 Å². The van der Waals surface area contributed by atoms with Gasteiger partial charge in [0.25, 0.3) is 0 Å². The Kier molecular flexibility index (Phi) is 7.10. The largest absolute Gasteiger partial charge is 0.464 e. The molecule has 0 radical (unpaired) electrons. The lowest BCUT2D eigenvalue weighted by Gasteiger charge is -2.10. The van der Waals surface area contributed by atoms with Gasteiger partial charge in [0.15, 0.2) is 6.10 Å². The molecule has 0 fully saturated rings. The fourth-order valence-electron chi connectivity index (χ4n) is 0.873. The number of hydrogen-bond donors (Lipinski definition) is 0. The van der Waals surface area contributed by atoms with Crippen LogP contribution < -0.4 is 0 Å². The second kappa shape index (κ2) is 7.48. The number of ether oxygens (including phenoxy) is 2. The van der Waals surface area contributed by atoms with Crippen molar-refractivity contribution in [2.75, 3.05) is 13.2 Å². The highest BCUT2D eigenvalue weighted by Crippen LogP contribution is 2.05. The molecule has 0 aliphatic rings. The Labute approximate surface area is 99.5 Å². The topological polar surface area (TPSA) is 35.5 Å². The maximum absolute atomic E-state index is 11.2. The van der Waals surface area contributed by atoms with Gasteiger partial charge in [-0.05, 0) is 13.8 Å². The number of esters is 1. The fraction of sp³-hybridized carbons (Fsp3) is 0.750. The van der Waals surface area contributed by atoms with E-state index in [1.807, 2.05) is 0 Å². The average molecular weight is 242 g/mol. The standard InChI is InChI=1S/C12H22O3Si/c1-6-14-12(13)11(2)15-9-7-8-10-16(3,4)5/h11H,6,9-10H2,1-5H3. The first-order valence-corrected chi connectivity index (χ1v) is 9.31. The van der Waals surface area contributed by atoms with E-state index in [1.165, 1.54) is 0 Å². The van der Waals surface area contributed by atoms with E-state index in [2.05, 4.69) is 31.5 Å². The first-order chi connectivity index (χ1) is 7.37. The van der Waals surface area contributed by atoms with E-state index in [0.29, 0.717) is 13.2 Å². The van der Waals surface area contributed by atoms with Gasteiger partial charge in [-0.15, -0.1) is 5.92 Å². The predicted molar refractivity (Wildman–Crippen MR) is 68.0 cm³/mol. The summed E-state index contributed by atoms with van der Waals surface area (Å²) in [6.07, 6.45) is -0.527. The molecule has 4 heteroatoms. The summed E-state index contributed by atoms with van der Waals surface area (Å²) in [6, 6.07) is 0.962. The molecule has 0 rings (SSSR count). The van der Waals surface area contributed by atoms with Crippen LogP contribution in [-0.4, -0.2) is 33.4 Å². The van der Waals surface area contributed by atoms with Crippen molar-refractivity contribution in [3.05, 3.63) is 0 Å². The summed E-state index contributed by atoms with van der Waals surface area (Å²) in [6.45, 7) is 10.9. The first-order valence-electron chi connectivity index (χ1n) is 5.61. The second-order valence-electron chi connectivity index (χ2n) is 4.80. The minimum atomic E-state index is -1.09. The smallest absolute Gasteiger partial charge is 0.334 e. The number of carbonyl (C=O) groups excluding carboxylic acids is 1. The fourth-order valence-corrected chi connectivity index (χ4v) is 1.53. The molecular weight excluding hydrogens is 220 g/mol. The molecule has 0 aromatic carbocycles. The van der Waals surface area contributed by atoms with Crippen molar-refractivity contribution >= 4 is 14.0 Å². The Morgan fingerprint density at radius 3 is 2.44 bits per heavy atom. The molecule has 0 aliphatic carbocycles. The zero-order valence-electron chi connectivity index (χ0n) is 10.9. The third kappa shape index (κ3) is 8.51. The number of rotatable bonds is 5. The maximum atomic E-state index is 11.2. The molecule has 0 saturated carbocycles. The van der Waals surface area contributed by atoms with Gasteiger partial charge in [0.05, 0.1) is 14.7 Å². The Morgan fingerprint density at radius 1 is 1.31 bits per heavy atom. The number of hydrogen-bond acceptors (Lipinski definition) is 3. The molecule has 0 N–H and O–H groups in total. The van der Waals surface area contributed by atoms with Crippen LogP contribution in [0.15, 0.2) is 0 Å². The Hall–Kier alpha value is -0.793. The Morgan fingerprint density at radius 2 is 1.94 bits per heavy atom. The van der Waals surface area contributed by atoms with Crippen molar-refractivity contribution in [3.63, 3.8) is 0 Å². The highest BCUT2D eigenvalue weighted by Gasteiger charge is 2.13. The van der Waals surface area contributed by atoms with E-state index in [4.69, 9.17) is 9.47 Å². The highest BCUT2D eigenvalue weighted by molar-refractivity contribution is 6.76. The molecule has 0 aliphatic heterocycles. The van der Waals surface area contributed by atoms with Crippen LogP contribution in [0.5, 0.6) is 0 Å². The van der Waals surface area contributed by atoms with E-state index in [0.717, 1.165) is 6.04 Å². The SMILES string of the molecule is CCOC(=O)C(C)OCC#CC[Si](C)(C)C. The molecule has 1 unspecified atom stereocenters. The molecule has 0 bridgehead atoms. The summed E-state index contributed by atoms with van der Waals surface area (Å²) in [4.78, 5) is 11.2. The molecule has 0 amide bonds. The van der Waals surface area contributed by atoms with E-state index >= 15 is 0 Å².